The number of carbonyl (C=O) groups is 2. The zero-order valence-corrected chi connectivity index (χ0v) is 16.2. The summed E-state index contributed by atoms with van der Waals surface area (Å²) in [6.07, 6.45) is 0.669. The Hall–Kier alpha value is -2.08. The van der Waals surface area contributed by atoms with E-state index in [0.717, 1.165) is 32.7 Å². The summed E-state index contributed by atoms with van der Waals surface area (Å²) in [7, 11) is 0. The highest BCUT2D eigenvalue weighted by atomic mass is 16.6. The van der Waals surface area contributed by atoms with Crippen molar-refractivity contribution in [3.8, 4) is 0 Å². The van der Waals surface area contributed by atoms with Crippen LogP contribution in [0.5, 0.6) is 0 Å². The Balaban J connectivity index is 1.60. The molecule has 1 fully saturated rings. The Morgan fingerprint density at radius 1 is 1.15 bits per heavy atom. The molecule has 2 amide bonds. The minimum absolute atomic E-state index is 0.176. The normalized spacial score (nSPS) is 15.6. The second-order valence-electron chi connectivity index (χ2n) is 7.83. The van der Waals surface area contributed by atoms with Crippen molar-refractivity contribution in [1.82, 2.24) is 10.2 Å². The number of quaternary nitrogens is 1. The lowest BCUT2D eigenvalue weighted by atomic mass is 10.2. The fraction of sp³-hybridized carbons (Fsp3) is 0.600. The highest BCUT2D eigenvalue weighted by Crippen LogP contribution is 2.06. The maximum Gasteiger partial charge on any atom is 0.407 e. The molecule has 0 spiro atoms. The highest BCUT2D eigenvalue weighted by Gasteiger charge is 2.23. The maximum absolute atomic E-state index is 12.3. The first kappa shape index (κ1) is 20.2. The Kier molecular flexibility index (Phi) is 7.45. The average Bonchev–Trinajstić information content (AvgIpc) is 2.58. The molecule has 1 saturated heterocycles. The molecule has 1 aromatic rings. The highest BCUT2D eigenvalue weighted by molar-refractivity contribution is 5.76. The average molecular weight is 362 g/mol. The van der Waals surface area contributed by atoms with Gasteiger partial charge in [-0.3, -0.25) is 4.79 Å². The van der Waals surface area contributed by atoms with E-state index in [4.69, 9.17) is 4.74 Å². The van der Waals surface area contributed by atoms with Crippen molar-refractivity contribution in [2.75, 3.05) is 32.7 Å². The van der Waals surface area contributed by atoms with Crippen LogP contribution in [0, 0.1) is 0 Å². The third-order valence-electron chi connectivity index (χ3n) is 4.36. The van der Waals surface area contributed by atoms with Crippen LogP contribution in [-0.4, -0.2) is 55.2 Å². The maximum atomic E-state index is 12.3. The van der Waals surface area contributed by atoms with E-state index in [-0.39, 0.29) is 5.91 Å². The van der Waals surface area contributed by atoms with Gasteiger partial charge >= 0.3 is 6.09 Å². The first-order valence-corrected chi connectivity index (χ1v) is 9.45. The molecule has 0 aromatic heterocycles. The molecule has 26 heavy (non-hydrogen) atoms. The molecule has 0 atom stereocenters. The van der Waals surface area contributed by atoms with Gasteiger partial charge in [0.1, 0.15) is 12.1 Å². The number of piperazine rings is 1. The molecule has 0 bridgehead atoms. The third-order valence-corrected chi connectivity index (χ3v) is 4.36. The molecule has 0 saturated carbocycles. The summed E-state index contributed by atoms with van der Waals surface area (Å²) < 4.78 is 5.17. The summed E-state index contributed by atoms with van der Waals surface area (Å²) in [6, 6.07) is 10.5. The molecule has 1 aromatic carbocycles. The smallest absolute Gasteiger partial charge is 0.407 e. The van der Waals surface area contributed by atoms with E-state index in [2.05, 4.69) is 29.6 Å². The molecule has 0 radical (unpaired) electrons. The lowest BCUT2D eigenvalue weighted by molar-refractivity contribution is -0.917. The van der Waals surface area contributed by atoms with Gasteiger partial charge in [0.25, 0.3) is 0 Å². The van der Waals surface area contributed by atoms with Crippen LogP contribution >= 0.6 is 0 Å². The predicted molar refractivity (Wildman–Crippen MR) is 101 cm³/mol. The van der Waals surface area contributed by atoms with Crippen LogP contribution in [0.1, 0.15) is 39.2 Å². The van der Waals surface area contributed by atoms with Gasteiger partial charge in [0, 0.05) is 18.5 Å². The van der Waals surface area contributed by atoms with E-state index in [1.165, 1.54) is 10.5 Å². The van der Waals surface area contributed by atoms with Crippen molar-refractivity contribution < 1.29 is 19.2 Å². The van der Waals surface area contributed by atoms with E-state index in [1.807, 2.05) is 31.7 Å². The van der Waals surface area contributed by atoms with Crippen LogP contribution in [0.2, 0.25) is 0 Å². The number of amides is 2. The van der Waals surface area contributed by atoms with Crippen LogP contribution in [-0.2, 0) is 16.1 Å². The summed E-state index contributed by atoms with van der Waals surface area (Å²) in [5, 5.41) is 2.70. The van der Waals surface area contributed by atoms with Gasteiger partial charge in [0.2, 0.25) is 5.91 Å². The second kappa shape index (κ2) is 9.57. The number of benzene rings is 1. The van der Waals surface area contributed by atoms with Crippen LogP contribution in [0.25, 0.3) is 0 Å². The lowest BCUT2D eigenvalue weighted by Gasteiger charge is -2.32. The minimum atomic E-state index is -0.498. The first-order chi connectivity index (χ1) is 12.3. The van der Waals surface area contributed by atoms with Crippen molar-refractivity contribution in [2.45, 2.75) is 45.8 Å². The molecule has 1 heterocycles. The number of nitrogens with one attached hydrogen (secondary N) is 2. The summed E-state index contributed by atoms with van der Waals surface area (Å²) in [5.41, 5.74) is 0.845. The largest absolute Gasteiger partial charge is 0.444 e. The fourth-order valence-electron chi connectivity index (χ4n) is 3.04. The van der Waals surface area contributed by atoms with Crippen molar-refractivity contribution in [3.63, 3.8) is 0 Å². The lowest BCUT2D eigenvalue weighted by Crippen LogP contribution is -3.13. The SMILES string of the molecule is CC(C)(C)OC(=O)NCCCC(=O)N1CC[NH+](Cc2ccccc2)CC1. The second-order valence-corrected chi connectivity index (χ2v) is 7.83. The van der Waals surface area contributed by atoms with E-state index in [0.29, 0.717) is 19.4 Å². The van der Waals surface area contributed by atoms with Crippen molar-refractivity contribution in [3.05, 3.63) is 35.9 Å². The topological polar surface area (TPSA) is 63.1 Å². The third kappa shape index (κ3) is 7.44. The molecular formula is C20H32N3O3+. The van der Waals surface area contributed by atoms with E-state index in [1.54, 1.807) is 0 Å². The van der Waals surface area contributed by atoms with Gasteiger partial charge in [-0.25, -0.2) is 4.79 Å². The number of hydrogen-bond donors (Lipinski definition) is 2. The molecule has 144 valence electrons. The van der Waals surface area contributed by atoms with E-state index < -0.39 is 11.7 Å². The molecule has 2 N–H and O–H groups in total. The van der Waals surface area contributed by atoms with Crippen LogP contribution in [0.4, 0.5) is 4.79 Å². The molecule has 6 heteroatoms. The number of nitrogens with zero attached hydrogens (tertiary/aromatic N) is 1. The Labute approximate surface area is 156 Å². The van der Waals surface area contributed by atoms with Gasteiger partial charge in [-0.05, 0) is 27.2 Å². The van der Waals surface area contributed by atoms with Crippen molar-refractivity contribution in [1.29, 1.82) is 0 Å². The summed E-state index contributed by atoms with van der Waals surface area (Å²) in [4.78, 5) is 27.3. The van der Waals surface area contributed by atoms with Gasteiger partial charge in [-0.2, -0.15) is 0 Å². The van der Waals surface area contributed by atoms with Crippen LogP contribution in [0.3, 0.4) is 0 Å². The molecule has 1 aliphatic rings. The molecule has 0 unspecified atom stereocenters. The van der Waals surface area contributed by atoms with Gasteiger partial charge < -0.3 is 19.9 Å². The monoisotopic (exact) mass is 362 g/mol. The summed E-state index contributed by atoms with van der Waals surface area (Å²) in [5.74, 6) is 0.176. The van der Waals surface area contributed by atoms with Crippen LogP contribution < -0.4 is 10.2 Å². The summed E-state index contributed by atoms with van der Waals surface area (Å²) >= 11 is 0. The molecule has 6 nitrogen and oxygen atoms in total. The molecule has 0 aliphatic carbocycles. The minimum Gasteiger partial charge on any atom is -0.444 e. The molecule has 2 rings (SSSR count). The zero-order chi connectivity index (χ0) is 19.0. The Morgan fingerprint density at radius 2 is 1.81 bits per heavy atom. The van der Waals surface area contributed by atoms with Gasteiger partial charge in [0.15, 0.2) is 0 Å². The van der Waals surface area contributed by atoms with Gasteiger partial charge in [0.05, 0.1) is 26.2 Å². The van der Waals surface area contributed by atoms with Gasteiger partial charge in [-0.15, -0.1) is 0 Å². The van der Waals surface area contributed by atoms with E-state index in [9.17, 15) is 9.59 Å². The number of alkyl carbamates (subject to hydrolysis) is 1. The van der Waals surface area contributed by atoms with Crippen LogP contribution in [0.15, 0.2) is 30.3 Å². The Bertz CT molecular complexity index is 576. The number of ether oxygens (including phenoxy) is 1. The zero-order valence-electron chi connectivity index (χ0n) is 16.2. The quantitative estimate of drug-likeness (QED) is 0.748. The molecular weight excluding hydrogens is 330 g/mol. The first-order valence-electron chi connectivity index (χ1n) is 9.45. The van der Waals surface area contributed by atoms with E-state index >= 15 is 0 Å². The predicted octanol–water partition coefficient (Wildman–Crippen LogP) is 1.22. The fourth-order valence-corrected chi connectivity index (χ4v) is 3.04. The van der Waals surface area contributed by atoms with Gasteiger partial charge in [-0.1, -0.05) is 30.3 Å². The number of carbonyl (C=O) groups excluding carboxylic acids is 2. The van der Waals surface area contributed by atoms with Crippen molar-refractivity contribution in [2.24, 2.45) is 0 Å². The summed E-state index contributed by atoms with van der Waals surface area (Å²) in [6.45, 7) is 10.5. The standard InChI is InChI=1S/C20H31N3O3/c1-20(2,3)26-19(25)21-11-7-10-18(24)23-14-12-22(13-15-23)16-17-8-5-4-6-9-17/h4-6,8-9H,7,10-16H2,1-3H3,(H,21,25)/p+1. The Morgan fingerprint density at radius 3 is 2.42 bits per heavy atom. The molecule has 1 aliphatic heterocycles. The number of rotatable bonds is 6. The number of hydrogen-bond acceptors (Lipinski definition) is 3. The van der Waals surface area contributed by atoms with Crippen molar-refractivity contribution >= 4 is 12.0 Å².